The first kappa shape index (κ1) is 12.8. The van der Waals surface area contributed by atoms with Gasteiger partial charge in [-0.25, -0.2) is 4.98 Å². The van der Waals surface area contributed by atoms with Gasteiger partial charge < -0.3 is 5.32 Å². The normalized spacial score (nSPS) is 19.5. The lowest BCUT2D eigenvalue weighted by Crippen LogP contribution is -2.26. The van der Waals surface area contributed by atoms with Crippen molar-refractivity contribution in [2.45, 2.75) is 44.6 Å². The SMILES string of the molecule is N#Cc1cc2c(nc1NC1CCSCC1)CCCC2. The maximum Gasteiger partial charge on any atom is 0.144 e. The van der Waals surface area contributed by atoms with Crippen LogP contribution in [0.5, 0.6) is 0 Å². The number of hydrogen-bond donors (Lipinski definition) is 1. The molecule has 3 nitrogen and oxygen atoms in total. The second-order valence-electron chi connectivity index (χ2n) is 5.34. The summed E-state index contributed by atoms with van der Waals surface area (Å²) < 4.78 is 0. The molecule has 100 valence electrons. The van der Waals surface area contributed by atoms with E-state index in [1.807, 2.05) is 11.8 Å². The summed E-state index contributed by atoms with van der Waals surface area (Å²) in [6, 6.07) is 4.85. The highest BCUT2D eigenvalue weighted by molar-refractivity contribution is 7.99. The molecular weight excluding hydrogens is 254 g/mol. The molecule has 1 aromatic heterocycles. The minimum atomic E-state index is 0.488. The van der Waals surface area contributed by atoms with E-state index in [0.29, 0.717) is 6.04 Å². The van der Waals surface area contributed by atoms with E-state index in [1.54, 1.807) is 0 Å². The summed E-state index contributed by atoms with van der Waals surface area (Å²) in [5.74, 6) is 3.25. The third-order valence-corrected chi connectivity index (χ3v) is 5.03. The lowest BCUT2D eigenvalue weighted by atomic mass is 9.95. The Morgan fingerprint density at radius 2 is 2.05 bits per heavy atom. The molecule has 0 aromatic carbocycles. The Labute approximate surface area is 118 Å². The van der Waals surface area contributed by atoms with Crippen molar-refractivity contribution < 1.29 is 0 Å². The number of aryl methyl sites for hydroxylation is 2. The lowest BCUT2D eigenvalue weighted by Gasteiger charge is -2.25. The van der Waals surface area contributed by atoms with Gasteiger partial charge in [-0.2, -0.15) is 17.0 Å². The van der Waals surface area contributed by atoms with Crippen LogP contribution >= 0.6 is 11.8 Å². The summed E-state index contributed by atoms with van der Waals surface area (Å²) in [6.45, 7) is 0. The second-order valence-corrected chi connectivity index (χ2v) is 6.56. The standard InChI is InChI=1S/C15H19N3S/c16-10-12-9-11-3-1-2-4-14(11)18-15(12)17-13-5-7-19-8-6-13/h9,13H,1-8H2,(H,17,18). The number of pyridine rings is 1. The second kappa shape index (κ2) is 5.83. The number of rotatable bonds is 2. The fourth-order valence-electron chi connectivity index (χ4n) is 2.86. The largest absolute Gasteiger partial charge is 0.366 e. The van der Waals surface area contributed by atoms with Crippen LogP contribution in [0, 0.1) is 11.3 Å². The summed E-state index contributed by atoms with van der Waals surface area (Å²) in [6.07, 6.45) is 6.95. The van der Waals surface area contributed by atoms with E-state index < -0.39 is 0 Å². The van der Waals surface area contributed by atoms with Crippen molar-refractivity contribution in [1.29, 1.82) is 5.26 Å². The molecule has 0 radical (unpaired) electrons. The summed E-state index contributed by atoms with van der Waals surface area (Å²) in [7, 11) is 0. The summed E-state index contributed by atoms with van der Waals surface area (Å²) in [5, 5.41) is 12.8. The smallest absolute Gasteiger partial charge is 0.144 e. The number of nitrogens with zero attached hydrogens (tertiary/aromatic N) is 2. The molecule has 0 unspecified atom stereocenters. The number of fused-ring (bicyclic) bond motifs is 1. The quantitative estimate of drug-likeness (QED) is 0.899. The van der Waals surface area contributed by atoms with Crippen LogP contribution in [0.25, 0.3) is 0 Å². The van der Waals surface area contributed by atoms with Gasteiger partial charge in [-0.1, -0.05) is 0 Å². The minimum Gasteiger partial charge on any atom is -0.366 e. The first-order valence-corrected chi connectivity index (χ1v) is 8.29. The van der Waals surface area contributed by atoms with Gasteiger partial charge in [0.2, 0.25) is 0 Å². The number of nitrogens with one attached hydrogen (secondary N) is 1. The van der Waals surface area contributed by atoms with Crippen LogP contribution in [-0.4, -0.2) is 22.5 Å². The highest BCUT2D eigenvalue weighted by Crippen LogP contribution is 2.26. The van der Waals surface area contributed by atoms with Crippen LogP contribution in [0.15, 0.2) is 6.07 Å². The summed E-state index contributed by atoms with van der Waals surface area (Å²) in [4.78, 5) is 4.74. The van der Waals surface area contributed by atoms with Crippen LogP contribution in [0.2, 0.25) is 0 Å². The van der Waals surface area contributed by atoms with Gasteiger partial charge in [0.15, 0.2) is 0 Å². The van der Waals surface area contributed by atoms with E-state index in [-0.39, 0.29) is 0 Å². The zero-order valence-corrected chi connectivity index (χ0v) is 11.9. The van der Waals surface area contributed by atoms with Crippen LogP contribution in [0.1, 0.15) is 42.5 Å². The first-order valence-electron chi connectivity index (χ1n) is 7.14. The fourth-order valence-corrected chi connectivity index (χ4v) is 3.97. The summed E-state index contributed by atoms with van der Waals surface area (Å²) >= 11 is 2.02. The Morgan fingerprint density at radius 3 is 2.84 bits per heavy atom. The van der Waals surface area contributed by atoms with E-state index in [1.165, 1.54) is 48.4 Å². The van der Waals surface area contributed by atoms with E-state index in [2.05, 4.69) is 17.5 Å². The number of anilines is 1. The average molecular weight is 273 g/mol. The van der Waals surface area contributed by atoms with Crippen molar-refractivity contribution >= 4 is 17.6 Å². The van der Waals surface area contributed by atoms with Crippen molar-refractivity contribution in [3.63, 3.8) is 0 Å². The molecule has 1 fully saturated rings. The highest BCUT2D eigenvalue weighted by Gasteiger charge is 2.19. The molecule has 0 atom stereocenters. The van der Waals surface area contributed by atoms with Crippen molar-refractivity contribution in [1.82, 2.24) is 4.98 Å². The number of thioether (sulfide) groups is 1. The molecule has 0 bridgehead atoms. The van der Waals surface area contributed by atoms with Gasteiger partial charge in [0.05, 0.1) is 5.56 Å². The van der Waals surface area contributed by atoms with E-state index in [4.69, 9.17) is 4.98 Å². The predicted octanol–water partition coefficient (Wildman–Crippen LogP) is 3.14. The lowest BCUT2D eigenvalue weighted by molar-refractivity contribution is 0.651. The Balaban J connectivity index is 1.84. The fraction of sp³-hybridized carbons (Fsp3) is 0.600. The highest BCUT2D eigenvalue weighted by atomic mass is 32.2. The van der Waals surface area contributed by atoms with E-state index in [0.717, 1.165) is 24.2 Å². The topological polar surface area (TPSA) is 48.7 Å². The van der Waals surface area contributed by atoms with Crippen LogP contribution < -0.4 is 5.32 Å². The molecule has 0 saturated carbocycles. The molecule has 1 aromatic rings. The van der Waals surface area contributed by atoms with Crippen LogP contribution in [0.4, 0.5) is 5.82 Å². The Kier molecular flexibility index (Phi) is 3.93. The van der Waals surface area contributed by atoms with E-state index in [9.17, 15) is 5.26 Å². The maximum atomic E-state index is 9.32. The van der Waals surface area contributed by atoms with Gasteiger partial charge in [-0.15, -0.1) is 0 Å². The van der Waals surface area contributed by atoms with Gasteiger partial charge in [0, 0.05) is 11.7 Å². The molecule has 1 aliphatic carbocycles. The molecular formula is C15H19N3S. The predicted molar refractivity (Wildman–Crippen MR) is 79.6 cm³/mol. The third kappa shape index (κ3) is 2.87. The van der Waals surface area contributed by atoms with Gasteiger partial charge in [-0.3, -0.25) is 0 Å². The average Bonchev–Trinajstić information content (AvgIpc) is 2.47. The maximum absolute atomic E-state index is 9.32. The molecule has 1 aliphatic heterocycles. The zero-order valence-electron chi connectivity index (χ0n) is 11.1. The molecule has 0 amide bonds. The summed E-state index contributed by atoms with van der Waals surface area (Å²) in [5.41, 5.74) is 3.21. The molecule has 0 spiro atoms. The monoisotopic (exact) mass is 273 g/mol. The molecule has 3 rings (SSSR count). The molecule has 2 aliphatic rings. The number of nitriles is 1. The van der Waals surface area contributed by atoms with E-state index >= 15 is 0 Å². The minimum absolute atomic E-state index is 0.488. The van der Waals surface area contributed by atoms with Crippen LogP contribution in [-0.2, 0) is 12.8 Å². The first-order chi connectivity index (χ1) is 9.36. The zero-order chi connectivity index (χ0) is 13.1. The molecule has 1 N–H and O–H groups in total. The third-order valence-electron chi connectivity index (χ3n) is 3.98. The van der Waals surface area contributed by atoms with Crippen molar-refractivity contribution in [3.8, 4) is 6.07 Å². The van der Waals surface area contributed by atoms with Gasteiger partial charge in [0.25, 0.3) is 0 Å². The molecule has 19 heavy (non-hydrogen) atoms. The molecule has 1 saturated heterocycles. The Hall–Kier alpha value is -1.21. The number of aromatic nitrogens is 1. The van der Waals surface area contributed by atoms with Crippen molar-refractivity contribution in [3.05, 3.63) is 22.9 Å². The van der Waals surface area contributed by atoms with Gasteiger partial charge in [-0.05, 0) is 61.7 Å². The van der Waals surface area contributed by atoms with Gasteiger partial charge in [0.1, 0.15) is 11.9 Å². The Bertz CT molecular complexity index is 501. The molecule has 2 heterocycles. The molecule has 4 heteroatoms. The van der Waals surface area contributed by atoms with Crippen molar-refractivity contribution in [2.24, 2.45) is 0 Å². The van der Waals surface area contributed by atoms with Crippen molar-refractivity contribution in [2.75, 3.05) is 16.8 Å². The number of hydrogen-bond acceptors (Lipinski definition) is 4. The Morgan fingerprint density at radius 1 is 1.26 bits per heavy atom. The van der Waals surface area contributed by atoms with Crippen LogP contribution in [0.3, 0.4) is 0 Å². The van der Waals surface area contributed by atoms with Gasteiger partial charge >= 0.3 is 0 Å².